The van der Waals surface area contributed by atoms with Crippen LogP contribution in [0.3, 0.4) is 0 Å². The van der Waals surface area contributed by atoms with Gasteiger partial charge >= 0.3 is 0 Å². The third kappa shape index (κ3) is 1.68. The van der Waals surface area contributed by atoms with Crippen LogP contribution in [0.5, 0.6) is 11.5 Å². The van der Waals surface area contributed by atoms with E-state index in [4.69, 9.17) is 20.5 Å². The highest BCUT2D eigenvalue weighted by molar-refractivity contribution is 5.82. The molecule has 0 aliphatic carbocycles. The molecule has 0 spiro atoms. The topological polar surface area (TPSA) is 86.1 Å². The van der Waals surface area contributed by atoms with Gasteiger partial charge in [0.25, 0.3) is 0 Å². The van der Waals surface area contributed by atoms with E-state index >= 15 is 0 Å². The summed E-state index contributed by atoms with van der Waals surface area (Å²) in [6.45, 7) is 0.220. The maximum absolute atomic E-state index is 9.04. The Morgan fingerprint density at radius 2 is 2.00 bits per heavy atom. The molecule has 0 saturated carbocycles. The molecular formula is C15H10N4O2. The number of ether oxygens (including phenoxy) is 2. The molecule has 0 saturated heterocycles. The molecule has 6 heteroatoms. The lowest BCUT2D eigenvalue weighted by atomic mass is 10.2. The second kappa shape index (κ2) is 4.15. The standard InChI is InChI=1S/C15H10N4O2/c16-7-9-1-3-11-12(5-9)19(15(17)18-11)10-2-4-13-14(6-10)21-8-20-13/h1-6H,8H2,(H2,17,18). The smallest absolute Gasteiger partial charge is 0.231 e. The van der Waals surface area contributed by atoms with Crippen molar-refractivity contribution in [3.8, 4) is 23.3 Å². The summed E-state index contributed by atoms with van der Waals surface area (Å²) in [5.74, 6) is 1.74. The van der Waals surface area contributed by atoms with Crippen LogP contribution in [-0.2, 0) is 0 Å². The summed E-state index contributed by atoms with van der Waals surface area (Å²) < 4.78 is 12.5. The van der Waals surface area contributed by atoms with Gasteiger partial charge in [0.2, 0.25) is 12.7 Å². The number of hydrogen-bond acceptors (Lipinski definition) is 5. The second-order valence-corrected chi connectivity index (χ2v) is 4.66. The van der Waals surface area contributed by atoms with Gasteiger partial charge in [0.15, 0.2) is 11.5 Å². The number of hydrogen-bond donors (Lipinski definition) is 1. The minimum Gasteiger partial charge on any atom is -0.454 e. The molecule has 1 aliphatic heterocycles. The molecule has 0 atom stereocenters. The number of fused-ring (bicyclic) bond motifs is 2. The van der Waals surface area contributed by atoms with Crippen LogP contribution in [-0.4, -0.2) is 16.3 Å². The van der Waals surface area contributed by atoms with E-state index in [0.29, 0.717) is 23.0 Å². The molecule has 4 rings (SSSR count). The number of benzene rings is 2. The highest BCUT2D eigenvalue weighted by atomic mass is 16.7. The Morgan fingerprint density at radius 3 is 2.86 bits per heavy atom. The fraction of sp³-hybridized carbons (Fsp3) is 0.0667. The molecule has 0 amide bonds. The first-order chi connectivity index (χ1) is 10.3. The third-order valence-electron chi connectivity index (χ3n) is 3.42. The molecule has 0 fully saturated rings. The number of nitrogens with zero attached hydrogens (tertiary/aromatic N) is 3. The van der Waals surface area contributed by atoms with Gasteiger partial charge in [0.05, 0.1) is 28.4 Å². The SMILES string of the molecule is N#Cc1ccc2nc(N)n(-c3ccc4c(c3)OCO4)c2c1. The second-order valence-electron chi connectivity index (χ2n) is 4.66. The molecule has 3 aromatic rings. The summed E-state index contributed by atoms with van der Waals surface area (Å²) in [6.07, 6.45) is 0. The molecule has 2 N–H and O–H groups in total. The van der Waals surface area contributed by atoms with Crippen molar-refractivity contribution in [2.75, 3.05) is 12.5 Å². The maximum Gasteiger partial charge on any atom is 0.231 e. The van der Waals surface area contributed by atoms with E-state index in [1.807, 2.05) is 18.2 Å². The quantitative estimate of drug-likeness (QED) is 0.737. The van der Waals surface area contributed by atoms with Crippen LogP contribution in [0.2, 0.25) is 0 Å². The zero-order valence-corrected chi connectivity index (χ0v) is 10.9. The summed E-state index contributed by atoms with van der Waals surface area (Å²) in [4.78, 5) is 4.32. The van der Waals surface area contributed by atoms with Crippen molar-refractivity contribution in [1.29, 1.82) is 5.26 Å². The lowest BCUT2D eigenvalue weighted by Crippen LogP contribution is -2.00. The highest BCUT2D eigenvalue weighted by Crippen LogP contribution is 2.35. The molecule has 2 aromatic carbocycles. The first-order valence-corrected chi connectivity index (χ1v) is 6.34. The Morgan fingerprint density at radius 1 is 1.14 bits per heavy atom. The van der Waals surface area contributed by atoms with Gasteiger partial charge < -0.3 is 15.2 Å². The van der Waals surface area contributed by atoms with Crippen LogP contribution in [0.4, 0.5) is 5.95 Å². The zero-order chi connectivity index (χ0) is 14.4. The van der Waals surface area contributed by atoms with E-state index in [1.165, 1.54) is 0 Å². The monoisotopic (exact) mass is 278 g/mol. The first kappa shape index (κ1) is 11.6. The summed E-state index contributed by atoms with van der Waals surface area (Å²) in [5.41, 5.74) is 8.92. The number of nitriles is 1. The van der Waals surface area contributed by atoms with E-state index < -0.39 is 0 Å². The molecule has 2 heterocycles. The number of nitrogen functional groups attached to an aromatic ring is 1. The fourth-order valence-electron chi connectivity index (χ4n) is 2.46. The Kier molecular flexibility index (Phi) is 2.29. The number of nitrogens with two attached hydrogens (primary N) is 1. The lowest BCUT2D eigenvalue weighted by molar-refractivity contribution is 0.174. The fourth-order valence-corrected chi connectivity index (χ4v) is 2.46. The van der Waals surface area contributed by atoms with Crippen molar-refractivity contribution < 1.29 is 9.47 Å². The summed E-state index contributed by atoms with van der Waals surface area (Å²) in [5, 5.41) is 9.04. The van der Waals surface area contributed by atoms with Gasteiger partial charge in [-0.05, 0) is 30.3 Å². The average molecular weight is 278 g/mol. The van der Waals surface area contributed by atoms with Crippen molar-refractivity contribution in [3.63, 3.8) is 0 Å². The third-order valence-corrected chi connectivity index (χ3v) is 3.42. The van der Waals surface area contributed by atoms with E-state index in [-0.39, 0.29) is 6.79 Å². The van der Waals surface area contributed by atoms with Gasteiger partial charge in [-0.1, -0.05) is 0 Å². The van der Waals surface area contributed by atoms with Crippen LogP contribution < -0.4 is 15.2 Å². The van der Waals surface area contributed by atoms with Crippen LogP contribution in [0, 0.1) is 11.3 Å². The van der Waals surface area contributed by atoms with Crippen molar-refractivity contribution in [3.05, 3.63) is 42.0 Å². The minimum absolute atomic E-state index is 0.220. The van der Waals surface area contributed by atoms with Crippen molar-refractivity contribution in [1.82, 2.24) is 9.55 Å². The zero-order valence-electron chi connectivity index (χ0n) is 10.9. The summed E-state index contributed by atoms with van der Waals surface area (Å²) >= 11 is 0. The number of anilines is 1. The van der Waals surface area contributed by atoms with Crippen LogP contribution in [0.1, 0.15) is 5.56 Å². The van der Waals surface area contributed by atoms with E-state index in [0.717, 1.165) is 16.7 Å². The first-order valence-electron chi connectivity index (χ1n) is 6.34. The number of aromatic nitrogens is 2. The largest absolute Gasteiger partial charge is 0.454 e. The molecule has 0 unspecified atom stereocenters. The van der Waals surface area contributed by atoms with Gasteiger partial charge in [0, 0.05) is 6.07 Å². The summed E-state index contributed by atoms with van der Waals surface area (Å²) in [6, 6.07) is 13.0. The Hall–Kier alpha value is -3.20. The molecule has 6 nitrogen and oxygen atoms in total. The van der Waals surface area contributed by atoms with Gasteiger partial charge in [-0.25, -0.2) is 4.98 Å². The van der Waals surface area contributed by atoms with Crippen molar-refractivity contribution in [2.24, 2.45) is 0 Å². The van der Waals surface area contributed by atoms with E-state index in [9.17, 15) is 0 Å². The predicted octanol–water partition coefficient (Wildman–Crippen LogP) is 2.21. The van der Waals surface area contributed by atoms with E-state index in [1.54, 1.807) is 22.8 Å². The number of rotatable bonds is 1. The van der Waals surface area contributed by atoms with Crippen LogP contribution in [0.25, 0.3) is 16.7 Å². The van der Waals surface area contributed by atoms with Crippen LogP contribution >= 0.6 is 0 Å². The van der Waals surface area contributed by atoms with Gasteiger partial charge in [-0.15, -0.1) is 0 Å². The lowest BCUT2D eigenvalue weighted by Gasteiger charge is -2.07. The molecule has 21 heavy (non-hydrogen) atoms. The molecule has 1 aliphatic rings. The Balaban J connectivity index is 1.97. The van der Waals surface area contributed by atoms with Gasteiger partial charge in [0.1, 0.15) is 0 Å². The highest BCUT2D eigenvalue weighted by Gasteiger charge is 2.16. The van der Waals surface area contributed by atoms with E-state index in [2.05, 4.69) is 11.1 Å². The molecule has 102 valence electrons. The normalized spacial score (nSPS) is 12.5. The van der Waals surface area contributed by atoms with Gasteiger partial charge in [-0.3, -0.25) is 4.57 Å². The molecular weight excluding hydrogens is 268 g/mol. The van der Waals surface area contributed by atoms with Crippen molar-refractivity contribution >= 4 is 17.0 Å². The van der Waals surface area contributed by atoms with Gasteiger partial charge in [-0.2, -0.15) is 5.26 Å². The molecule has 0 bridgehead atoms. The Labute approximate surface area is 119 Å². The Bertz CT molecular complexity index is 908. The van der Waals surface area contributed by atoms with Crippen LogP contribution in [0.15, 0.2) is 36.4 Å². The summed E-state index contributed by atoms with van der Waals surface area (Å²) in [7, 11) is 0. The number of imidazole rings is 1. The molecule has 0 radical (unpaired) electrons. The van der Waals surface area contributed by atoms with Crippen molar-refractivity contribution in [2.45, 2.75) is 0 Å². The average Bonchev–Trinajstić information content (AvgIpc) is 3.08. The maximum atomic E-state index is 9.04. The minimum atomic E-state index is 0.220. The molecule has 1 aromatic heterocycles. The predicted molar refractivity (Wildman–Crippen MR) is 76.3 cm³/mol.